The molecule has 0 aromatic heterocycles. The first-order valence-corrected chi connectivity index (χ1v) is 16.2. The Morgan fingerprint density at radius 1 is 1.17 bits per heavy atom. The van der Waals surface area contributed by atoms with E-state index >= 15 is 0 Å². The molecule has 1 aromatic carbocycles. The number of carbonyl (C=O) groups excluding carboxylic acids is 3. The number of amides is 3. The fraction of sp³-hybridized carbons (Fsp3) is 0.710. The number of ether oxygens (including phenoxy) is 2. The van der Waals surface area contributed by atoms with Crippen molar-refractivity contribution in [3.05, 3.63) is 24.3 Å². The molecule has 3 N–H and O–H groups in total. The van der Waals surface area contributed by atoms with Gasteiger partial charge in [0.2, 0.25) is 17.7 Å². The second-order valence-corrected chi connectivity index (χ2v) is 14.5. The van der Waals surface area contributed by atoms with Crippen LogP contribution in [0.25, 0.3) is 0 Å². The smallest absolute Gasteiger partial charge is 0.244 e. The van der Waals surface area contributed by atoms with Gasteiger partial charge in [-0.1, -0.05) is 13.8 Å². The van der Waals surface area contributed by atoms with Crippen LogP contribution in [0, 0.1) is 17.8 Å². The van der Waals surface area contributed by atoms with E-state index in [4.69, 9.17) is 9.47 Å². The molecule has 4 aliphatic heterocycles. The number of rotatable bonds is 12. The predicted octanol–water partition coefficient (Wildman–Crippen LogP) is 2.36. The van der Waals surface area contributed by atoms with Crippen LogP contribution < -0.4 is 15.4 Å². The molecule has 2 bridgehead atoms. The lowest BCUT2D eigenvalue weighted by Gasteiger charge is -2.37. The van der Waals surface area contributed by atoms with Gasteiger partial charge in [-0.2, -0.15) is 0 Å². The predicted molar refractivity (Wildman–Crippen MR) is 162 cm³/mol. The van der Waals surface area contributed by atoms with Gasteiger partial charge in [0, 0.05) is 36.6 Å². The minimum Gasteiger partial charge on any atom is -0.494 e. The summed E-state index contributed by atoms with van der Waals surface area (Å²) in [6, 6.07) is 6.00. The number of nitrogens with zero attached hydrogens (tertiary/aromatic N) is 2. The maximum Gasteiger partial charge on any atom is 0.244 e. The monoisotopic (exact) mass is 602 g/mol. The Labute approximate surface area is 253 Å². The van der Waals surface area contributed by atoms with Crippen LogP contribution in [0.1, 0.15) is 47.0 Å². The number of thioether (sulfide) groups is 1. The van der Waals surface area contributed by atoms with Crippen LogP contribution in [0.4, 0.5) is 5.69 Å². The molecular formula is C31H46N4O6S. The zero-order valence-corrected chi connectivity index (χ0v) is 26.1. The highest BCUT2D eigenvalue weighted by Crippen LogP contribution is 2.71. The fourth-order valence-corrected chi connectivity index (χ4v) is 9.90. The maximum atomic E-state index is 14.4. The molecule has 4 heterocycles. The standard InChI is InChI=1S/C31H46N4O6S/c1-5-41-23-8-6-21(7-9-23)33-27(37)24-25-29(39)35(22(19-36)18-20(2)3)26(31(25)11-10-30(24,4)42-31)28(38)32-12-13-34-14-16-40-17-15-34/h6-9,20,22,24-26,36H,5,10-19H2,1-4H3,(H,32,38)(H,33,37)/t22-,24-,25+,26?,30+,31?/m1/s1. The third-order valence-corrected chi connectivity index (χ3v) is 11.3. The van der Waals surface area contributed by atoms with Gasteiger partial charge in [-0.25, -0.2) is 0 Å². The Morgan fingerprint density at radius 2 is 1.88 bits per heavy atom. The molecular weight excluding hydrogens is 556 g/mol. The second-order valence-electron chi connectivity index (χ2n) is 12.6. The lowest BCUT2D eigenvalue weighted by Crippen LogP contribution is -2.57. The van der Waals surface area contributed by atoms with Crippen LogP contribution in [0.15, 0.2) is 24.3 Å². The Bertz CT molecular complexity index is 1140. The van der Waals surface area contributed by atoms with Crippen molar-refractivity contribution in [2.45, 2.75) is 68.5 Å². The lowest BCUT2D eigenvalue weighted by atomic mass is 9.66. The number of benzene rings is 1. The Kier molecular flexibility index (Phi) is 9.42. The maximum absolute atomic E-state index is 14.4. The minimum atomic E-state index is -0.745. The summed E-state index contributed by atoms with van der Waals surface area (Å²) < 4.78 is 9.77. The molecule has 0 aliphatic carbocycles. The van der Waals surface area contributed by atoms with Gasteiger partial charge in [0.05, 0.1) is 49.1 Å². The lowest BCUT2D eigenvalue weighted by molar-refractivity contribution is -0.142. The van der Waals surface area contributed by atoms with Gasteiger partial charge in [0.1, 0.15) is 11.8 Å². The molecule has 0 radical (unpaired) electrons. The summed E-state index contributed by atoms with van der Waals surface area (Å²) in [4.78, 5) is 46.4. The molecule has 4 fully saturated rings. The first kappa shape index (κ1) is 31.1. The second kappa shape index (κ2) is 12.7. The van der Waals surface area contributed by atoms with Gasteiger partial charge in [0.15, 0.2) is 0 Å². The number of anilines is 1. The van der Waals surface area contributed by atoms with Gasteiger partial charge in [-0.3, -0.25) is 19.3 Å². The van der Waals surface area contributed by atoms with Crippen molar-refractivity contribution in [1.29, 1.82) is 0 Å². The van der Waals surface area contributed by atoms with E-state index < -0.39 is 33.4 Å². The number of fused-ring (bicyclic) bond motifs is 1. The first-order chi connectivity index (χ1) is 20.1. The van der Waals surface area contributed by atoms with Crippen molar-refractivity contribution in [2.75, 3.05) is 57.9 Å². The highest BCUT2D eigenvalue weighted by Gasteiger charge is 2.77. The molecule has 42 heavy (non-hydrogen) atoms. The van der Waals surface area contributed by atoms with Gasteiger partial charge in [-0.05, 0) is 63.3 Å². The fourth-order valence-electron chi connectivity index (χ4n) is 7.56. The number of nitrogens with one attached hydrogen (secondary N) is 2. The highest BCUT2D eigenvalue weighted by atomic mass is 32.2. The van der Waals surface area contributed by atoms with E-state index in [1.54, 1.807) is 28.8 Å². The zero-order valence-electron chi connectivity index (χ0n) is 25.3. The average molecular weight is 603 g/mol. The largest absolute Gasteiger partial charge is 0.494 e. The number of aliphatic hydroxyl groups excluding tert-OH is 1. The van der Waals surface area contributed by atoms with E-state index in [-0.39, 0.29) is 30.2 Å². The number of carbonyl (C=O) groups is 3. The van der Waals surface area contributed by atoms with Gasteiger partial charge >= 0.3 is 0 Å². The normalized spacial score (nSPS) is 31.3. The summed E-state index contributed by atoms with van der Waals surface area (Å²) in [5.74, 6) is -0.870. The van der Waals surface area contributed by atoms with Crippen molar-refractivity contribution >= 4 is 35.2 Å². The quantitative estimate of drug-likeness (QED) is 0.334. The Hall–Kier alpha value is -2.34. The summed E-state index contributed by atoms with van der Waals surface area (Å²) in [5, 5.41) is 16.7. The Morgan fingerprint density at radius 3 is 2.52 bits per heavy atom. The molecule has 4 saturated heterocycles. The van der Waals surface area contributed by atoms with E-state index in [0.717, 1.165) is 25.3 Å². The molecule has 6 atom stereocenters. The SMILES string of the molecule is CCOc1ccc(NC(=O)[C@H]2[C@H]3C(=O)N([C@@H](CO)CC(C)C)C(C(=O)NCCN4CCOCC4)C34CC[C@]2(C)S4)cc1. The molecule has 10 nitrogen and oxygen atoms in total. The van der Waals surface area contributed by atoms with Crippen molar-refractivity contribution in [3.63, 3.8) is 0 Å². The Balaban J connectivity index is 1.41. The molecule has 232 valence electrons. The van der Waals surface area contributed by atoms with Crippen LogP contribution >= 0.6 is 11.8 Å². The molecule has 1 aromatic rings. The van der Waals surface area contributed by atoms with Crippen LogP contribution in [0.3, 0.4) is 0 Å². The summed E-state index contributed by atoms with van der Waals surface area (Å²) in [6.45, 7) is 12.6. The number of hydrogen-bond donors (Lipinski definition) is 3. The first-order valence-electron chi connectivity index (χ1n) is 15.4. The summed E-state index contributed by atoms with van der Waals surface area (Å²) >= 11 is 1.65. The summed E-state index contributed by atoms with van der Waals surface area (Å²) in [5.41, 5.74) is 0.640. The zero-order chi connectivity index (χ0) is 30.1. The summed E-state index contributed by atoms with van der Waals surface area (Å²) in [7, 11) is 0. The van der Waals surface area contributed by atoms with Crippen LogP contribution in [0.2, 0.25) is 0 Å². The molecule has 2 unspecified atom stereocenters. The van der Waals surface area contributed by atoms with Crippen molar-refractivity contribution < 1.29 is 29.0 Å². The number of morpholine rings is 1. The van der Waals surface area contributed by atoms with Gasteiger partial charge in [-0.15, -0.1) is 11.8 Å². The molecule has 11 heteroatoms. The molecule has 4 aliphatic rings. The minimum absolute atomic E-state index is 0.189. The van der Waals surface area contributed by atoms with E-state index in [0.29, 0.717) is 51.4 Å². The molecule has 1 spiro atoms. The van der Waals surface area contributed by atoms with Crippen molar-refractivity contribution in [3.8, 4) is 5.75 Å². The van der Waals surface area contributed by atoms with Crippen LogP contribution in [-0.4, -0.2) is 107 Å². The molecule has 5 rings (SSSR count). The average Bonchev–Trinajstić information content (AvgIpc) is 3.54. The third-order valence-electron chi connectivity index (χ3n) is 9.36. The van der Waals surface area contributed by atoms with Crippen LogP contribution in [-0.2, 0) is 19.1 Å². The van der Waals surface area contributed by atoms with E-state index in [9.17, 15) is 19.5 Å². The van der Waals surface area contributed by atoms with Crippen LogP contribution in [0.5, 0.6) is 5.75 Å². The number of aliphatic hydroxyl groups is 1. The topological polar surface area (TPSA) is 120 Å². The highest BCUT2D eigenvalue weighted by molar-refractivity contribution is 8.02. The van der Waals surface area contributed by atoms with E-state index in [2.05, 4.69) is 22.5 Å². The van der Waals surface area contributed by atoms with Gasteiger partial charge < -0.3 is 30.1 Å². The third kappa shape index (κ3) is 5.77. The van der Waals surface area contributed by atoms with Crippen molar-refractivity contribution in [2.24, 2.45) is 17.8 Å². The summed E-state index contributed by atoms with van der Waals surface area (Å²) in [6.07, 6.45) is 1.99. The number of likely N-dealkylation sites (tertiary alicyclic amines) is 1. The number of hydrogen-bond acceptors (Lipinski definition) is 8. The molecule has 0 saturated carbocycles. The van der Waals surface area contributed by atoms with Gasteiger partial charge in [0.25, 0.3) is 0 Å². The van der Waals surface area contributed by atoms with E-state index in [1.807, 2.05) is 32.9 Å². The van der Waals surface area contributed by atoms with Crippen molar-refractivity contribution in [1.82, 2.24) is 15.1 Å². The molecule has 3 amide bonds. The van der Waals surface area contributed by atoms with E-state index in [1.165, 1.54) is 0 Å².